The molecule has 2 N–H and O–H groups in total. The van der Waals surface area contributed by atoms with E-state index >= 15 is 0 Å². The van der Waals surface area contributed by atoms with E-state index in [0.717, 1.165) is 12.3 Å². The number of imidazole rings is 1. The number of pyridine rings is 2. The fourth-order valence-corrected chi connectivity index (χ4v) is 2.79. The first-order chi connectivity index (χ1) is 14.1. The molecule has 0 spiro atoms. The molecule has 3 aromatic rings. The zero-order chi connectivity index (χ0) is 21.9. The lowest BCUT2D eigenvalue weighted by Crippen LogP contribution is -2.23. The van der Waals surface area contributed by atoms with Gasteiger partial charge in [0.1, 0.15) is 5.65 Å². The average Bonchev–Trinajstić information content (AvgIpc) is 3.11. The zero-order valence-corrected chi connectivity index (χ0v) is 16.8. The van der Waals surface area contributed by atoms with Crippen LogP contribution in [0.5, 0.6) is 5.88 Å². The summed E-state index contributed by atoms with van der Waals surface area (Å²) in [4.78, 5) is 8.30. The third-order valence-electron chi connectivity index (χ3n) is 4.12. The van der Waals surface area contributed by atoms with Gasteiger partial charge in [-0.1, -0.05) is 20.8 Å². The topological polar surface area (TPSA) is 75.3 Å². The van der Waals surface area contributed by atoms with E-state index in [2.05, 4.69) is 40.8 Å². The number of rotatable bonds is 6. The van der Waals surface area contributed by atoms with Crippen LogP contribution in [-0.4, -0.2) is 33.5 Å². The van der Waals surface area contributed by atoms with Gasteiger partial charge >= 0.3 is 6.36 Å². The summed E-state index contributed by atoms with van der Waals surface area (Å²) in [6, 6.07) is 6.05. The van der Waals surface area contributed by atoms with Crippen molar-refractivity contribution in [1.82, 2.24) is 19.7 Å². The molecule has 0 fully saturated rings. The summed E-state index contributed by atoms with van der Waals surface area (Å²) in [6.45, 7) is 6.85. The number of halogens is 3. The van der Waals surface area contributed by atoms with E-state index in [4.69, 9.17) is 5.41 Å². The molecule has 30 heavy (non-hydrogen) atoms. The van der Waals surface area contributed by atoms with Crippen LogP contribution in [0.1, 0.15) is 26.3 Å². The summed E-state index contributed by atoms with van der Waals surface area (Å²) in [5, 5.41) is 11.0. The lowest BCUT2D eigenvalue weighted by Gasteiger charge is -2.18. The van der Waals surface area contributed by atoms with Crippen LogP contribution >= 0.6 is 0 Å². The van der Waals surface area contributed by atoms with Crippen LogP contribution in [-0.2, 0) is 0 Å². The first kappa shape index (κ1) is 21.4. The van der Waals surface area contributed by atoms with Gasteiger partial charge in [-0.2, -0.15) is 0 Å². The number of ether oxygens (including phenoxy) is 1. The van der Waals surface area contributed by atoms with Crippen molar-refractivity contribution in [3.63, 3.8) is 0 Å². The van der Waals surface area contributed by atoms with E-state index in [-0.39, 0.29) is 11.1 Å². The van der Waals surface area contributed by atoms with E-state index in [1.54, 1.807) is 41.3 Å². The van der Waals surface area contributed by atoms with Gasteiger partial charge in [0, 0.05) is 60.3 Å². The van der Waals surface area contributed by atoms with Gasteiger partial charge in [-0.15, -0.1) is 13.2 Å². The van der Waals surface area contributed by atoms with Crippen LogP contribution in [0.25, 0.3) is 22.5 Å². The van der Waals surface area contributed by atoms with Gasteiger partial charge in [-0.3, -0.25) is 0 Å². The minimum absolute atomic E-state index is 0.0147. The summed E-state index contributed by atoms with van der Waals surface area (Å²) in [5.74, 6) is -0.573. The number of nitrogens with one attached hydrogen (secondary N) is 2. The Hall–Kier alpha value is -3.36. The second-order valence-electron chi connectivity index (χ2n) is 7.89. The lowest BCUT2D eigenvalue weighted by atomic mass is 9.97. The monoisotopic (exact) mass is 417 g/mol. The summed E-state index contributed by atoms with van der Waals surface area (Å²) in [7, 11) is 0. The van der Waals surface area contributed by atoms with Crippen molar-refractivity contribution in [1.29, 1.82) is 5.41 Å². The summed E-state index contributed by atoms with van der Waals surface area (Å²) in [6.07, 6.45) is 3.07. The van der Waals surface area contributed by atoms with Gasteiger partial charge in [0.25, 0.3) is 0 Å². The molecule has 3 rings (SSSR count). The van der Waals surface area contributed by atoms with Gasteiger partial charge in [-0.25, -0.2) is 9.97 Å². The highest BCUT2D eigenvalue weighted by molar-refractivity contribution is 6.10. The number of hydrogen-bond donors (Lipinski definition) is 2. The zero-order valence-electron chi connectivity index (χ0n) is 16.8. The summed E-state index contributed by atoms with van der Waals surface area (Å²) < 4.78 is 43.9. The molecule has 0 saturated heterocycles. The lowest BCUT2D eigenvalue weighted by molar-refractivity contribution is -0.276. The fraction of sp³-hybridized carbons (Fsp3) is 0.286. The van der Waals surface area contributed by atoms with Crippen molar-refractivity contribution in [2.24, 2.45) is 5.41 Å². The van der Waals surface area contributed by atoms with Crippen LogP contribution in [0.2, 0.25) is 0 Å². The molecule has 0 aliphatic heterocycles. The molecule has 0 saturated carbocycles. The quantitative estimate of drug-likeness (QED) is 0.558. The molecule has 0 atom stereocenters. The maximum absolute atomic E-state index is 12.7. The highest BCUT2D eigenvalue weighted by atomic mass is 19.4. The number of aromatic nitrogens is 3. The van der Waals surface area contributed by atoms with E-state index in [0.29, 0.717) is 28.9 Å². The first-order valence-electron chi connectivity index (χ1n) is 9.20. The van der Waals surface area contributed by atoms with Crippen LogP contribution in [0, 0.1) is 10.8 Å². The molecule has 158 valence electrons. The number of allylic oxidation sites excluding steroid dienone is 1. The van der Waals surface area contributed by atoms with E-state index in [1.807, 2.05) is 0 Å². The minimum atomic E-state index is -4.85. The van der Waals surface area contributed by atoms with Crippen molar-refractivity contribution < 1.29 is 17.9 Å². The Balaban J connectivity index is 2.08. The Labute approximate surface area is 171 Å². The third kappa shape index (κ3) is 5.37. The molecule has 0 aliphatic rings. The minimum Gasteiger partial charge on any atom is -0.390 e. The molecule has 3 heterocycles. The average molecular weight is 417 g/mol. The van der Waals surface area contributed by atoms with E-state index < -0.39 is 12.2 Å². The van der Waals surface area contributed by atoms with Gasteiger partial charge in [-0.05, 0) is 23.6 Å². The van der Waals surface area contributed by atoms with Crippen LogP contribution in [0.15, 0.2) is 49.1 Å². The Morgan fingerprint density at radius 3 is 2.63 bits per heavy atom. The van der Waals surface area contributed by atoms with Gasteiger partial charge < -0.3 is 19.9 Å². The highest BCUT2D eigenvalue weighted by Gasteiger charge is 2.32. The Bertz CT molecular complexity index is 1080. The normalized spacial score (nSPS) is 12.8. The fourth-order valence-electron chi connectivity index (χ4n) is 2.79. The predicted octanol–water partition coefficient (Wildman–Crippen LogP) is 4.92. The highest BCUT2D eigenvalue weighted by Crippen LogP contribution is 2.31. The van der Waals surface area contributed by atoms with Crippen molar-refractivity contribution >= 4 is 17.4 Å². The third-order valence-corrected chi connectivity index (χ3v) is 4.12. The maximum atomic E-state index is 12.7. The van der Waals surface area contributed by atoms with Crippen LogP contribution in [0.4, 0.5) is 13.2 Å². The van der Waals surface area contributed by atoms with Crippen LogP contribution < -0.4 is 10.1 Å². The molecule has 3 aromatic heterocycles. The number of fused-ring (bicyclic) bond motifs is 1. The summed E-state index contributed by atoms with van der Waals surface area (Å²) in [5.41, 5.74) is 2.42. The largest absolute Gasteiger partial charge is 0.574 e. The molecule has 0 aliphatic carbocycles. The Morgan fingerprint density at radius 2 is 1.97 bits per heavy atom. The Kier molecular flexibility index (Phi) is 5.82. The molecule has 0 bridgehead atoms. The second-order valence-corrected chi connectivity index (χ2v) is 7.89. The molecule has 0 unspecified atom stereocenters. The standard InChI is InChI=1S/C21H22F3N5O/c1-20(2,3)13-26-12-15(11-25)16-4-5-18(30-21(22,23)24)28-19(16)14-6-8-29-9-7-27-17(29)10-14/h4-12,25-26H,13H2,1-3H3/b15-12+,25-11?. The van der Waals surface area contributed by atoms with Crippen molar-refractivity contribution in [2.75, 3.05) is 6.54 Å². The molecule has 9 heteroatoms. The smallest absolute Gasteiger partial charge is 0.390 e. The first-order valence-corrected chi connectivity index (χ1v) is 9.20. The summed E-state index contributed by atoms with van der Waals surface area (Å²) >= 11 is 0. The second kappa shape index (κ2) is 8.17. The predicted molar refractivity (Wildman–Crippen MR) is 109 cm³/mol. The maximum Gasteiger partial charge on any atom is 0.574 e. The molecule has 0 aromatic carbocycles. The molecule has 0 amide bonds. The van der Waals surface area contributed by atoms with Gasteiger partial charge in [0.05, 0.1) is 5.69 Å². The Morgan fingerprint density at radius 1 is 1.20 bits per heavy atom. The van der Waals surface area contributed by atoms with Crippen molar-refractivity contribution in [3.05, 3.63) is 54.6 Å². The van der Waals surface area contributed by atoms with Crippen LogP contribution in [0.3, 0.4) is 0 Å². The number of nitrogens with zero attached hydrogens (tertiary/aromatic N) is 3. The molecular formula is C21H22F3N5O. The van der Waals surface area contributed by atoms with Gasteiger partial charge in [0.15, 0.2) is 0 Å². The number of hydrogen-bond acceptors (Lipinski definition) is 5. The molecule has 6 nitrogen and oxygen atoms in total. The van der Waals surface area contributed by atoms with Gasteiger partial charge in [0.2, 0.25) is 5.88 Å². The SMILES string of the molecule is CC(C)(C)CN/C=C(\C=N)c1ccc(OC(F)(F)F)nc1-c1ccn2ccnc2c1. The molecule has 0 radical (unpaired) electrons. The van der Waals surface area contributed by atoms with Crippen molar-refractivity contribution in [2.45, 2.75) is 27.1 Å². The van der Waals surface area contributed by atoms with Crippen molar-refractivity contribution in [3.8, 4) is 17.1 Å². The van der Waals surface area contributed by atoms with E-state index in [1.165, 1.54) is 6.07 Å². The van der Waals surface area contributed by atoms with E-state index in [9.17, 15) is 13.2 Å². The molecular weight excluding hydrogens is 395 g/mol. The number of alkyl halides is 3.